The van der Waals surface area contributed by atoms with Gasteiger partial charge in [-0.3, -0.25) is 9.59 Å². The van der Waals surface area contributed by atoms with Crippen molar-refractivity contribution < 1.29 is 14.3 Å². The lowest BCUT2D eigenvalue weighted by molar-refractivity contribution is -0.115. The minimum atomic E-state index is -0.143. The average molecular weight is 442 g/mol. The van der Waals surface area contributed by atoms with Gasteiger partial charge in [0, 0.05) is 30.1 Å². The molecule has 0 saturated heterocycles. The van der Waals surface area contributed by atoms with Crippen LogP contribution in [0.5, 0.6) is 5.75 Å². The molecular weight excluding hydrogens is 418 g/mol. The highest BCUT2D eigenvalue weighted by molar-refractivity contribution is 8.13. The maximum absolute atomic E-state index is 12.3. The number of carbonyl (C=O) groups is 2. The van der Waals surface area contributed by atoms with E-state index in [1.165, 1.54) is 21.8 Å². The number of aryl methyl sites for hydroxylation is 1. The van der Waals surface area contributed by atoms with Crippen molar-refractivity contribution >= 4 is 39.9 Å². The van der Waals surface area contributed by atoms with Crippen LogP contribution in [0.25, 0.3) is 0 Å². The monoisotopic (exact) mass is 441 g/mol. The van der Waals surface area contributed by atoms with Crippen LogP contribution >= 0.6 is 23.1 Å². The summed E-state index contributed by atoms with van der Waals surface area (Å²) in [4.78, 5) is 30.9. The fourth-order valence-corrected chi connectivity index (χ4v) is 3.81. The van der Waals surface area contributed by atoms with Crippen LogP contribution in [-0.4, -0.2) is 35.1 Å². The second-order valence-corrected chi connectivity index (χ2v) is 8.81. The quantitative estimate of drug-likeness (QED) is 0.523. The number of amides is 2. The van der Waals surface area contributed by atoms with Crippen LogP contribution in [0.1, 0.15) is 16.3 Å². The van der Waals surface area contributed by atoms with E-state index in [1.54, 1.807) is 26.2 Å². The predicted octanol–water partition coefficient (Wildman–Crippen LogP) is 4.99. The Balaban J connectivity index is 1.48. The molecule has 1 heterocycles. The maximum atomic E-state index is 12.3. The van der Waals surface area contributed by atoms with Crippen molar-refractivity contribution in [3.63, 3.8) is 0 Å². The maximum Gasteiger partial charge on any atom is 0.285 e. The van der Waals surface area contributed by atoms with Crippen LogP contribution in [0.2, 0.25) is 0 Å². The van der Waals surface area contributed by atoms with Gasteiger partial charge in [0.25, 0.3) is 5.24 Å². The summed E-state index contributed by atoms with van der Waals surface area (Å²) in [6, 6.07) is 15.0. The number of rotatable bonds is 7. The summed E-state index contributed by atoms with van der Waals surface area (Å²) in [5.74, 6) is 0.653. The molecular formula is C22H23N3O3S2. The van der Waals surface area contributed by atoms with Crippen molar-refractivity contribution in [1.29, 1.82) is 0 Å². The van der Waals surface area contributed by atoms with E-state index in [-0.39, 0.29) is 17.6 Å². The molecule has 1 aromatic heterocycles. The fourth-order valence-electron chi connectivity index (χ4n) is 2.44. The van der Waals surface area contributed by atoms with Crippen LogP contribution in [-0.2, 0) is 17.8 Å². The Morgan fingerprint density at radius 1 is 1.10 bits per heavy atom. The van der Waals surface area contributed by atoms with E-state index in [0.29, 0.717) is 18.0 Å². The Morgan fingerprint density at radius 2 is 1.80 bits per heavy atom. The highest BCUT2D eigenvalue weighted by atomic mass is 32.2. The van der Waals surface area contributed by atoms with Gasteiger partial charge < -0.3 is 15.0 Å². The number of nitrogens with one attached hydrogen (secondary N) is 1. The van der Waals surface area contributed by atoms with Crippen molar-refractivity contribution in [1.82, 2.24) is 9.88 Å². The van der Waals surface area contributed by atoms with E-state index in [9.17, 15) is 9.59 Å². The minimum absolute atomic E-state index is 0.0440. The molecule has 3 rings (SSSR count). The van der Waals surface area contributed by atoms with Crippen molar-refractivity contribution in [2.75, 3.05) is 19.4 Å². The number of hydrogen-bond acceptors (Lipinski definition) is 6. The zero-order chi connectivity index (χ0) is 21.5. The number of thioether (sulfide) groups is 1. The molecule has 3 aromatic rings. The van der Waals surface area contributed by atoms with Crippen LogP contribution < -0.4 is 10.1 Å². The zero-order valence-corrected chi connectivity index (χ0v) is 18.7. The molecule has 0 aliphatic carbocycles. The molecule has 2 aromatic carbocycles. The Kier molecular flexibility index (Phi) is 7.48. The standard InChI is InChI=1S/C22H23N3O3S2/c1-15-4-8-18(9-5-15)28-13-21-24-17(14-29-21)12-20(26)23-16-6-10-19(11-7-16)30-22(27)25(2)3/h4-11,14H,12-13H2,1-3H3,(H,23,26). The SMILES string of the molecule is Cc1ccc(OCc2nc(CC(=O)Nc3ccc(SC(=O)N(C)C)cc3)cs2)cc1. The number of benzene rings is 2. The third-order valence-electron chi connectivity index (χ3n) is 4.03. The van der Waals surface area contributed by atoms with Gasteiger partial charge in [0.1, 0.15) is 17.4 Å². The number of ether oxygens (including phenoxy) is 1. The third-order valence-corrected chi connectivity index (χ3v) is 5.95. The van der Waals surface area contributed by atoms with Gasteiger partial charge in [-0.2, -0.15) is 0 Å². The molecule has 0 radical (unpaired) electrons. The first-order valence-electron chi connectivity index (χ1n) is 9.31. The topological polar surface area (TPSA) is 71.5 Å². The second kappa shape index (κ2) is 10.3. The van der Waals surface area contributed by atoms with Crippen molar-refractivity contribution in [2.24, 2.45) is 0 Å². The van der Waals surface area contributed by atoms with E-state index < -0.39 is 0 Å². The van der Waals surface area contributed by atoms with E-state index in [0.717, 1.165) is 27.4 Å². The smallest absolute Gasteiger partial charge is 0.285 e. The number of aromatic nitrogens is 1. The van der Waals surface area contributed by atoms with E-state index >= 15 is 0 Å². The second-order valence-electron chi connectivity index (χ2n) is 6.85. The Morgan fingerprint density at radius 3 is 2.47 bits per heavy atom. The summed E-state index contributed by atoms with van der Waals surface area (Å²) < 4.78 is 5.73. The van der Waals surface area contributed by atoms with Crippen LogP contribution in [0, 0.1) is 6.92 Å². The molecule has 0 spiro atoms. The molecule has 0 aliphatic rings. The molecule has 0 atom stereocenters. The zero-order valence-electron chi connectivity index (χ0n) is 17.0. The summed E-state index contributed by atoms with van der Waals surface area (Å²) in [6.07, 6.45) is 0.191. The molecule has 0 bridgehead atoms. The lowest BCUT2D eigenvalue weighted by Crippen LogP contribution is -2.16. The van der Waals surface area contributed by atoms with Gasteiger partial charge >= 0.3 is 0 Å². The number of hydrogen-bond donors (Lipinski definition) is 1. The lowest BCUT2D eigenvalue weighted by Gasteiger charge is -2.09. The Bertz CT molecular complexity index is 999. The summed E-state index contributed by atoms with van der Waals surface area (Å²) in [7, 11) is 3.42. The number of thiazole rings is 1. The predicted molar refractivity (Wildman–Crippen MR) is 121 cm³/mol. The normalized spacial score (nSPS) is 10.5. The molecule has 0 unspecified atom stereocenters. The minimum Gasteiger partial charge on any atom is -0.486 e. The van der Waals surface area contributed by atoms with Gasteiger partial charge in [-0.15, -0.1) is 11.3 Å². The molecule has 156 valence electrons. The number of nitrogens with zero attached hydrogens (tertiary/aromatic N) is 2. The summed E-state index contributed by atoms with van der Waals surface area (Å²) in [5.41, 5.74) is 2.57. The summed E-state index contributed by atoms with van der Waals surface area (Å²) >= 11 is 2.62. The van der Waals surface area contributed by atoms with Crippen LogP contribution in [0.15, 0.2) is 58.8 Å². The number of anilines is 1. The Labute approximate surface area is 184 Å². The molecule has 30 heavy (non-hydrogen) atoms. The van der Waals surface area contributed by atoms with Crippen molar-refractivity contribution in [2.45, 2.75) is 24.8 Å². The van der Waals surface area contributed by atoms with Crippen molar-refractivity contribution in [3.8, 4) is 5.75 Å². The van der Waals surface area contributed by atoms with Gasteiger partial charge in [0.2, 0.25) is 5.91 Å². The first kappa shape index (κ1) is 21.9. The van der Waals surface area contributed by atoms with Crippen LogP contribution in [0.4, 0.5) is 10.5 Å². The van der Waals surface area contributed by atoms with Gasteiger partial charge in [-0.05, 0) is 55.1 Å². The van der Waals surface area contributed by atoms with Gasteiger partial charge in [0.15, 0.2) is 0 Å². The first-order chi connectivity index (χ1) is 14.4. The highest BCUT2D eigenvalue weighted by Crippen LogP contribution is 2.22. The molecule has 0 aliphatic heterocycles. The summed E-state index contributed by atoms with van der Waals surface area (Å²) in [6.45, 7) is 2.40. The highest BCUT2D eigenvalue weighted by Gasteiger charge is 2.10. The lowest BCUT2D eigenvalue weighted by atomic mass is 10.2. The Hall–Kier alpha value is -2.84. The molecule has 2 amide bonds. The molecule has 0 fully saturated rings. The van der Waals surface area contributed by atoms with Crippen LogP contribution in [0.3, 0.4) is 0 Å². The van der Waals surface area contributed by atoms with Gasteiger partial charge in [-0.25, -0.2) is 4.98 Å². The summed E-state index contributed by atoms with van der Waals surface area (Å²) in [5, 5.41) is 5.51. The van der Waals surface area contributed by atoms with Gasteiger partial charge in [-0.1, -0.05) is 17.7 Å². The third kappa shape index (κ3) is 6.60. The largest absolute Gasteiger partial charge is 0.486 e. The number of carbonyl (C=O) groups excluding carboxylic acids is 2. The molecule has 1 N–H and O–H groups in total. The van der Waals surface area contributed by atoms with E-state index in [2.05, 4.69) is 10.3 Å². The molecule has 8 heteroatoms. The first-order valence-corrected chi connectivity index (χ1v) is 11.0. The molecule has 6 nitrogen and oxygen atoms in total. The molecule has 0 saturated carbocycles. The van der Waals surface area contributed by atoms with E-state index in [4.69, 9.17) is 4.74 Å². The average Bonchev–Trinajstić information content (AvgIpc) is 3.16. The van der Waals surface area contributed by atoms with E-state index in [1.807, 2.05) is 48.7 Å². The van der Waals surface area contributed by atoms with Gasteiger partial charge in [0.05, 0.1) is 12.1 Å². The van der Waals surface area contributed by atoms with Crippen molar-refractivity contribution in [3.05, 3.63) is 70.2 Å². The fraction of sp³-hybridized carbons (Fsp3) is 0.227.